The highest BCUT2D eigenvalue weighted by atomic mass is 79.9. The lowest BCUT2D eigenvalue weighted by atomic mass is 10.1. The van der Waals surface area contributed by atoms with Crippen LogP contribution in [0, 0.1) is 0 Å². The number of amides is 2. The fraction of sp³-hybridized carbons (Fsp3) is 0.0714. The SMILES string of the molecule is NC(=O)Cc1ccc(NC(=O)c2cccc(Br)n2)cc1. The molecule has 0 fully saturated rings. The molecule has 0 spiro atoms. The van der Waals surface area contributed by atoms with Crippen molar-refractivity contribution in [3.63, 3.8) is 0 Å². The molecule has 3 N–H and O–H groups in total. The standard InChI is InChI=1S/C14H12BrN3O2/c15-12-3-1-2-11(18-12)14(20)17-10-6-4-9(5-7-10)8-13(16)19/h1-7H,8H2,(H2,16,19)(H,17,20). The Kier molecular flexibility index (Phi) is 4.47. The molecule has 20 heavy (non-hydrogen) atoms. The molecule has 2 rings (SSSR count). The molecule has 0 saturated heterocycles. The van der Waals surface area contributed by atoms with E-state index in [4.69, 9.17) is 5.73 Å². The van der Waals surface area contributed by atoms with Crippen LogP contribution in [0.2, 0.25) is 0 Å². The second-order valence-corrected chi connectivity index (χ2v) is 4.95. The Balaban J connectivity index is 2.06. The molecule has 0 bridgehead atoms. The summed E-state index contributed by atoms with van der Waals surface area (Å²) in [6, 6.07) is 12.0. The molecule has 1 aromatic carbocycles. The van der Waals surface area contributed by atoms with Gasteiger partial charge in [0.15, 0.2) is 0 Å². The molecule has 2 amide bonds. The highest BCUT2D eigenvalue weighted by molar-refractivity contribution is 9.10. The minimum atomic E-state index is -0.389. The number of nitrogens with two attached hydrogens (primary N) is 1. The third-order valence-corrected chi connectivity index (χ3v) is 2.98. The van der Waals surface area contributed by atoms with E-state index in [1.54, 1.807) is 42.5 Å². The van der Waals surface area contributed by atoms with E-state index in [1.807, 2.05) is 0 Å². The van der Waals surface area contributed by atoms with Crippen LogP contribution in [0.25, 0.3) is 0 Å². The maximum absolute atomic E-state index is 12.0. The topological polar surface area (TPSA) is 85.1 Å². The van der Waals surface area contributed by atoms with Crippen LogP contribution in [0.1, 0.15) is 16.1 Å². The number of carbonyl (C=O) groups is 2. The number of hydrogen-bond donors (Lipinski definition) is 2. The summed E-state index contributed by atoms with van der Waals surface area (Å²) in [7, 11) is 0. The molecule has 1 aromatic heterocycles. The van der Waals surface area contributed by atoms with Gasteiger partial charge in [0.05, 0.1) is 6.42 Å². The first-order valence-corrected chi connectivity index (χ1v) is 6.65. The Bertz CT molecular complexity index is 641. The van der Waals surface area contributed by atoms with Crippen LogP contribution < -0.4 is 11.1 Å². The Morgan fingerprint density at radius 3 is 2.45 bits per heavy atom. The third kappa shape index (κ3) is 3.89. The number of nitrogens with one attached hydrogen (secondary N) is 1. The molecule has 0 saturated carbocycles. The molecule has 0 aliphatic carbocycles. The molecule has 0 unspecified atom stereocenters. The van der Waals surface area contributed by atoms with Gasteiger partial charge in [-0.15, -0.1) is 0 Å². The summed E-state index contributed by atoms with van der Waals surface area (Å²) < 4.78 is 0.599. The van der Waals surface area contributed by atoms with Crippen LogP contribution >= 0.6 is 15.9 Å². The molecule has 1 heterocycles. The number of hydrogen-bond acceptors (Lipinski definition) is 3. The van der Waals surface area contributed by atoms with Gasteiger partial charge in [-0.3, -0.25) is 9.59 Å². The smallest absolute Gasteiger partial charge is 0.274 e. The van der Waals surface area contributed by atoms with Crippen molar-refractivity contribution >= 4 is 33.4 Å². The van der Waals surface area contributed by atoms with Crippen LogP contribution in [0.15, 0.2) is 47.1 Å². The fourth-order valence-electron chi connectivity index (χ4n) is 1.64. The number of anilines is 1. The van der Waals surface area contributed by atoms with Crippen molar-refractivity contribution in [1.82, 2.24) is 4.98 Å². The first-order valence-electron chi connectivity index (χ1n) is 5.86. The molecule has 6 heteroatoms. The van der Waals surface area contributed by atoms with E-state index < -0.39 is 0 Å². The molecule has 102 valence electrons. The van der Waals surface area contributed by atoms with Crippen LogP contribution in [0.4, 0.5) is 5.69 Å². The Hall–Kier alpha value is -2.21. The molecular formula is C14H12BrN3O2. The zero-order valence-corrected chi connectivity index (χ0v) is 12.1. The summed E-state index contributed by atoms with van der Waals surface area (Å²) in [5.74, 6) is -0.686. The largest absolute Gasteiger partial charge is 0.369 e. The number of rotatable bonds is 4. The van der Waals surface area contributed by atoms with Gasteiger partial charge in [-0.1, -0.05) is 18.2 Å². The lowest BCUT2D eigenvalue weighted by molar-refractivity contribution is -0.117. The first-order chi connectivity index (χ1) is 9.54. The van der Waals surface area contributed by atoms with E-state index >= 15 is 0 Å². The van der Waals surface area contributed by atoms with Crippen molar-refractivity contribution < 1.29 is 9.59 Å². The summed E-state index contributed by atoms with van der Waals surface area (Å²) in [5, 5.41) is 2.73. The van der Waals surface area contributed by atoms with Gasteiger partial charge in [0.1, 0.15) is 10.3 Å². The van der Waals surface area contributed by atoms with Gasteiger partial charge >= 0.3 is 0 Å². The minimum absolute atomic E-state index is 0.182. The summed E-state index contributed by atoms with van der Waals surface area (Å²) in [5.41, 5.74) is 6.86. The molecule has 0 radical (unpaired) electrons. The number of halogens is 1. The van der Waals surface area contributed by atoms with Crippen molar-refractivity contribution in [2.45, 2.75) is 6.42 Å². The average molecular weight is 334 g/mol. The highest BCUT2D eigenvalue weighted by Crippen LogP contribution is 2.12. The van der Waals surface area contributed by atoms with Gasteiger partial charge in [-0.25, -0.2) is 4.98 Å². The van der Waals surface area contributed by atoms with Crippen LogP contribution in [0.5, 0.6) is 0 Å². The minimum Gasteiger partial charge on any atom is -0.369 e. The van der Waals surface area contributed by atoms with E-state index in [0.717, 1.165) is 5.56 Å². The lowest BCUT2D eigenvalue weighted by Gasteiger charge is -2.06. The summed E-state index contributed by atoms with van der Waals surface area (Å²) in [4.78, 5) is 26.8. The van der Waals surface area contributed by atoms with E-state index in [1.165, 1.54) is 0 Å². The van der Waals surface area contributed by atoms with E-state index in [2.05, 4.69) is 26.2 Å². The zero-order chi connectivity index (χ0) is 14.5. The molecular weight excluding hydrogens is 322 g/mol. The van der Waals surface area contributed by atoms with Gasteiger partial charge in [-0.05, 0) is 45.8 Å². The number of pyridine rings is 1. The second-order valence-electron chi connectivity index (χ2n) is 4.14. The molecule has 0 aliphatic heterocycles. The van der Waals surface area contributed by atoms with Crippen LogP contribution in [0.3, 0.4) is 0 Å². The van der Waals surface area contributed by atoms with Gasteiger partial charge in [-0.2, -0.15) is 0 Å². The molecule has 0 aliphatic rings. The van der Waals surface area contributed by atoms with Crippen molar-refractivity contribution in [3.8, 4) is 0 Å². The van der Waals surface area contributed by atoms with Crippen molar-refractivity contribution in [1.29, 1.82) is 0 Å². The van der Waals surface area contributed by atoms with Crippen LogP contribution in [-0.4, -0.2) is 16.8 Å². The van der Waals surface area contributed by atoms with E-state index in [-0.39, 0.29) is 18.2 Å². The second kappa shape index (κ2) is 6.29. The van der Waals surface area contributed by atoms with Crippen LogP contribution in [-0.2, 0) is 11.2 Å². The van der Waals surface area contributed by atoms with E-state index in [0.29, 0.717) is 16.0 Å². The summed E-state index contributed by atoms with van der Waals surface area (Å²) in [6.07, 6.45) is 0.182. The predicted molar refractivity (Wildman–Crippen MR) is 79.2 cm³/mol. The monoisotopic (exact) mass is 333 g/mol. The van der Waals surface area contributed by atoms with Crippen molar-refractivity contribution in [3.05, 3.63) is 58.3 Å². The normalized spacial score (nSPS) is 10.1. The maximum Gasteiger partial charge on any atom is 0.274 e. The maximum atomic E-state index is 12.0. The first kappa shape index (κ1) is 14.2. The predicted octanol–water partition coefficient (Wildman–Crippen LogP) is 2.12. The van der Waals surface area contributed by atoms with Gasteiger partial charge in [0, 0.05) is 5.69 Å². The number of primary amides is 1. The van der Waals surface area contributed by atoms with Gasteiger partial charge in [0.25, 0.3) is 5.91 Å². The number of nitrogens with zero attached hydrogens (tertiary/aromatic N) is 1. The number of aromatic nitrogens is 1. The third-order valence-electron chi connectivity index (χ3n) is 2.54. The zero-order valence-electron chi connectivity index (χ0n) is 10.5. The fourth-order valence-corrected chi connectivity index (χ4v) is 1.98. The number of carbonyl (C=O) groups excluding carboxylic acids is 2. The summed E-state index contributed by atoms with van der Waals surface area (Å²) in [6.45, 7) is 0. The average Bonchev–Trinajstić information content (AvgIpc) is 2.40. The Labute approximate surface area is 124 Å². The van der Waals surface area contributed by atoms with Crippen molar-refractivity contribution in [2.24, 2.45) is 5.73 Å². The number of benzene rings is 1. The molecule has 2 aromatic rings. The lowest BCUT2D eigenvalue weighted by Crippen LogP contribution is -2.15. The molecule has 0 atom stereocenters. The quantitative estimate of drug-likeness (QED) is 0.840. The highest BCUT2D eigenvalue weighted by Gasteiger charge is 2.08. The van der Waals surface area contributed by atoms with Gasteiger partial charge in [0.2, 0.25) is 5.91 Å². The molecule has 5 nitrogen and oxygen atoms in total. The van der Waals surface area contributed by atoms with Gasteiger partial charge < -0.3 is 11.1 Å². The summed E-state index contributed by atoms with van der Waals surface area (Å²) >= 11 is 3.21. The Morgan fingerprint density at radius 1 is 1.15 bits per heavy atom. The Morgan fingerprint density at radius 2 is 1.85 bits per heavy atom. The van der Waals surface area contributed by atoms with E-state index in [9.17, 15) is 9.59 Å². The van der Waals surface area contributed by atoms with Crippen molar-refractivity contribution in [2.75, 3.05) is 5.32 Å².